The van der Waals surface area contributed by atoms with Crippen LogP contribution in [-0.4, -0.2) is 24.3 Å². The maximum absolute atomic E-state index is 8.83. The summed E-state index contributed by atoms with van der Waals surface area (Å²) in [5.74, 6) is 0. The number of aliphatic hydroxyl groups is 1. The van der Waals surface area contributed by atoms with Crippen LogP contribution in [0.15, 0.2) is 12.2 Å². The second kappa shape index (κ2) is 5.45. The molecule has 2 nitrogen and oxygen atoms in total. The van der Waals surface area contributed by atoms with E-state index in [0.29, 0.717) is 6.54 Å². The maximum atomic E-state index is 8.83. The molecule has 0 aromatic heterocycles. The van der Waals surface area contributed by atoms with E-state index in [2.05, 4.69) is 11.9 Å². The fraction of sp³-hybridized carbons (Fsp3) is 0.750. The van der Waals surface area contributed by atoms with Gasteiger partial charge in [0.2, 0.25) is 0 Å². The fourth-order valence-corrected chi connectivity index (χ4v) is 0.613. The lowest BCUT2D eigenvalue weighted by atomic mass is 10.2. The third kappa shape index (κ3) is 7.66. The van der Waals surface area contributed by atoms with Gasteiger partial charge in [0.1, 0.15) is 0 Å². The van der Waals surface area contributed by atoms with Gasteiger partial charge >= 0.3 is 0 Å². The van der Waals surface area contributed by atoms with E-state index in [0.717, 1.165) is 13.0 Å². The highest BCUT2D eigenvalue weighted by molar-refractivity contribution is 4.88. The van der Waals surface area contributed by atoms with E-state index in [1.807, 2.05) is 6.92 Å². The van der Waals surface area contributed by atoms with E-state index in [1.54, 1.807) is 6.92 Å². The van der Waals surface area contributed by atoms with Gasteiger partial charge in [-0.1, -0.05) is 5.57 Å². The van der Waals surface area contributed by atoms with Crippen LogP contribution in [0.5, 0.6) is 0 Å². The van der Waals surface area contributed by atoms with E-state index < -0.39 is 0 Å². The van der Waals surface area contributed by atoms with Gasteiger partial charge in [0.05, 0.1) is 6.10 Å². The van der Waals surface area contributed by atoms with Crippen molar-refractivity contribution in [3.05, 3.63) is 12.2 Å². The average Bonchev–Trinajstić information content (AvgIpc) is 1.79. The summed E-state index contributed by atoms with van der Waals surface area (Å²) in [7, 11) is 0. The van der Waals surface area contributed by atoms with Crippen molar-refractivity contribution in [1.29, 1.82) is 0 Å². The second-order valence-corrected chi connectivity index (χ2v) is 2.76. The normalized spacial score (nSPS) is 13.1. The minimum Gasteiger partial charge on any atom is -0.392 e. The number of hydrogen-bond acceptors (Lipinski definition) is 2. The number of aliphatic hydroxyl groups excluding tert-OH is 1. The predicted octanol–water partition coefficient (Wildman–Crippen LogP) is 0.923. The van der Waals surface area contributed by atoms with E-state index >= 15 is 0 Å². The average molecular weight is 143 g/mol. The van der Waals surface area contributed by atoms with Crippen molar-refractivity contribution in [3.8, 4) is 0 Å². The number of hydrogen-bond donors (Lipinski definition) is 2. The zero-order valence-electron chi connectivity index (χ0n) is 6.85. The molecule has 0 aliphatic carbocycles. The Morgan fingerprint density at radius 2 is 2.30 bits per heavy atom. The van der Waals surface area contributed by atoms with E-state index in [-0.39, 0.29) is 6.10 Å². The van der Waals surface area contributed by atoms with Crippen LogP contribution in [0.25, 0.3) is 0 Å². The number of rotatable bonds is 5. The molecule has 0 aliphatic heterocycles. The van der Waals surface area contributed by atoms with Gasteiger partial charge in [0.15, 0.2) is 0 Å². The minimum atomic E-state index is -0.245. The third-order valence-electron chi connectivity index (χ3n) is 1.17. The summed E-state index contributed by atoms with van der Waals surface area (Å²) in [6.07, 6.45) is 0.748. The Kier molecular flexibility index (Phi) is 5.26. The highest BCUT2D eigenvalue weighted by atomic mass is 16.3. The first-order valence-corrected chi connectivity index (χ1v) is 3.66. The molecule has 10 heavy (non-hydrogen) atoms. The molecule has 0 saturated heterocycles. The highest BCUT2D eigenvalue weighted by Crippen LogP contribution is 1.91. The molecule has 1 unspecified atom stereocenters. The monoisotopic (exact) mass is 143 g/mol. The van der Waals surface area contributed by atoms with Crippen LogP contribution in [0, 0.1) is 0 Å². The van der Waals surface area contributed by atoms with Crippen molar-refractivity contribution in [3.63, 3.8) is 0 Å². The van der Waals surface area contributed by atoms with Crippen molar-refractivity contribution in [2.24, 2.45) is 0 Å². The summed E-state index contributed by atoms with van der Waals surface area (Å²) in [6, 6.07) is 0. The molecular formula is C8H17NO. The molecule has 2 N–H and O–H groups in total. The molecule has 0 spiro atoms. The number of nitrogens with one attached hydrogen (secondary N) is 1. The first-order chi connectivity index (χ1) is 4.63. The van der Waals surface area contributed by atoms with Gasteiger partial charge in [-0.25, -0.2) is 0 Å². The van der Waals surface area contributed by atoms with Gasteiger partial charge in [-0.05, 0) is 26.8 Å². The summed E-state index contributed by atoms with van der Waals surface area (Å²) >= 11 is 0. The van der Waals surface area contributed by atoms with Gasteiger partial charge < -0.3 is 10.4 Å². The molecule has 0 amide bonds. The Morgan fingerprint density at radius 1 is 1.70 bits per heavy atom. The quantitative estimate of drug-likeness (QED) is 0.443. The van der Waals surface area contributed by atoms with Crippen LogP contribution >= 0.6 is 0 Å². The summed E-state index contributed by atoms with van der Waals surface area (Å²) in [4.78, 5) is 0. The van der Waals surface area contributed by atoms with E-state index in [9.17, 15) is 0 Å². The summed E-state index contributed by atoms with van der Waals surface area (Å²) in [5, 5.41) is 11.9. The van der Waals surface area contributed by atoms with Crippen LogP contribution in [0.2, 0.25) is 0 Å². The lowest BCUT2D eigenvalue weighted by Gasteiger charge is -2.05. The molecule has 0 saturated carbocycles. The van der Waals surface area contributed by atoms with Gasteiger partial charge in [-0.2, -0.15) is 0 Å². The molecule has 60 valence electrons. The molecule has 0 rings (SSSR count). The SMILES string of the molecule is C=C(C)CCNCC(C)O. The molecule has 0 radical (unpaired) electrons. The first-order valence-electron chi connectivity index (χ1n) is 3.66. The Labute approximate surface area is 62.9 Å². The summed E-state index contributed by atoms with van der Waals surface area (Å²) in [6.45, 7) is 9.14. The zero-order chi connectivity index (χ0) is 7.98. The minimum absolute atomic E-state index is 0.245. The second-order valence-electron chi connectivity index (χ2n) is 2.76. The Balaban J connectivity index is 2.98. The van der Waals surface area contributed by atoms with Gasteiger partial charge in [0, 0.05) is 6.54 Å². The van der Waals surface area contributed by atoms with Crippen LogP contribution in [0.1, 0.15) is 20.3 Å². The zero-order valence-corrected chi connectivity index (χ0v) is 6.85. The largest absolute Gasteiger partial charge is 0.392 e. The third-order valence-corrected chi connectivity index (χ3v) is 1.17. The van der Waals surface area contributed by atoms with Crippen molar-refractivity contribution >= 4 is 0 Å². The molecule has 0 aromatic carbocycles. The Morgan fingerprint density at radius 3 is 2.70 bits per heavy atom. The van der Waals surface area contributed by atoms with Crippen LogP contribution in [-0.2, 0) is 0 Å². The Hall–Kier alpha value is -0.340. The first kappa shape index (κ1) is 9.66. The van der Waals surface area contributed by atoms with Crippen LogP contribution in [0.4, 0.5) is 0 Å². The van der Waals surface area contributed by atoms with Crippen molar-refractivity contribution in [1.82, 2.24) is 5.32 Å². The van der Waals surface area contributed by atoms with Crippen molar-refractivity contribution in [2.75, 3.05) is 13.1 Å². The van der Waals surface area contributed by atoms with Crippen LogP contribution < -0.4 is 5.32 Å². The fourth-order valence-electron chi connectivity index (χ4n) is 0.613. The lowest BCUT2D eigenvalue weighted by Crippen LogP contribution is -2.25. The summed E-state index contributed by atoms with van der Waals surface area (Å²) < 4.78 is 0. The lowest BCUT2D eigenvalue weighted by molar-refractivity contribution is 0.191. The molecule has 0 heterocycles. The predicted molar refractivity (Wildman–Crippen MR) is 44.0 cm³/mol. The highest BCUT2D eigenvalue weighted by Gasteiger charge is 1.92. The molecule has 0 fully saturated rings. The smallest absolute Gasteiger partial charge is 0.0636 e. The molecule has 1 atom stereocenters. The van der Waals surface area contributed by atoms with Crippen molar-refractivity contribution in [2.45, 2.75) is 26.4 Å². The molecule has 2 heteroatoms. The topological polar surface area (TPSA) is 32.3 Å². The van der Waals surface area contributed by atoms with Gasteiger partial charge in [0.25, 0.3) is 0 Å². The Bertz CT molecular complexity index is 99.4. The molecule has 0 aliphatic rings. The molecule has 0 bridgehead atoms. The van der Waals surface area contributed by atoms with E-state index in [4.69, 9.17) is 5.11 Å². The standard InChI is InChI=1S/C8H17NO/c1-7(2)4-5-9-6-8(3)10/h8-10H,1,4-6H2,2-3H3. The van der Waals surface area contributed by atoms with E-state index in [1.165, 1.54) is 5.57 Å². The maximum Gasteiger partial charge on any atom is 0.0636 e. The summed E-state index contributed by atoms with van der Waals surface area (Å²) in [5.41, 5.74) is 1.18. The van der Waals surface area contributed by atoms with Crippen LogP contribution in [0.3, 0.4) is 0 Å². The van der Waals surface area contributed by atoms with Crippen molar-refractivity contribution < 1.29 is 5.11 Å². The van der Waals surface area contributed by atoms with Gasteiger partial charge in [-0.3, -0.25) is 0 Å². The molecule has 0 aromatic rings. The van der Waals surface area contributed by atoms with Gasteiger partial charge in [-0.15, -0.1) is 6.58 Å². The molecular weight excluding hydrogens is 126 g/mol.